The van der Waals surface area contributed by atoms with Gasteiger partial charge >= 0.3 is 0 Å². The van der Waals surface area contributed by atoms with Crippen molar-refractivity contribution in [3.05, 3.63) is 29.4 Å². The van der Waals surface area contributed by atoms with Gasteiger partial charge in [-0.2, -0.15) is 0 Å². The summed E-state index contributed by atoms with van der Waals surface area (Å²) in [5.74, 6) is 0.932. The second kappa shape index (κ2) is 9.11. The molecule has 0 saturated carbocycles. The molecule has 1 aromatic rings. The zero-order valence-electron chi connectivity index (χ0n) is 13.7. The average molecular weight is 323 g/mol. The number of nitrogens with zero attached hydrogens (tertiary/aromatic N) is 4. The Morgan fingerprint density at radius 1 is 1.18 bits per heavy atom. The summed E-state index contributed by atoms with van der Waals surface area (Å²) in [6, 6.07) is 4.42. The Kier molecular flexibility index (Phi) is 7.13. The third kappa shape index (κ3) is 5.25. The fraction of sp³-hybridized carbons (Fsp3) is 0.647. The van der Waals surface area contributed by atoms with Crippen molar-refractivity contribution >= 4 is 17.4 Å². The number of unbranched alkanes of at least 4 members (excludes halogenated alkanes) is 1. The van der Waals surface area contributed by atoms with Crippen molar-refractivity contribution in [2.45, 2.75) is 45.6 Å². The molecular formula is C17H27ClN4. The molecule has 0 bridgehead atoms. The van der Waals surface area contributed by atoms with Crippen molar-refractivity contribution in [2.75, 3.05) is 31.1 Å². The Morgan fingerprint density at radius 3 is 2.59 bits per heavy atom. The van der Waals surface area contributed by atoms with Gasteiger partial charge < -0.3 is 4.90 Å². The summed E-state index contributed by atoms with van der Waals surface area (Å²) in [5.41, 5.74) is 0. The summed E-state index contributed by atoms with van der Waals surface area (Å²) in [7, 11) is 0. The molecule has 0 amide bonds. The van der Waals surface area contributed by atoms with Crippen molar-refractivity contribution < 1.29 is 0 Å². The lowest BCUT2D eigenvalue weighted by atomic mass is 10.1. The predicted octanol–water partition coefficient (Wildman–Crippen LogP) is 3.78. The number of allylic oxidation sites excluding steroid dienone is 2. The Balaban J connectivity index is 1.72. The molecule has 0 N–H and O–H groups in total. The van der Waals surface area contributed by atoms with E-state index in [1.807, 2.05) is 12.1 Å². The van der Waals surface area contributed by atoms with E-state index in [1.54, 1.807) is 0 Å². The third-order valence-electron chi connectivity index (χ3n) is 4.27. The van der Waals surface area contributed by atoms with Crippen molar-refractivity contribution in [2.24, 2.45) is 0 Å². The molecule has 2 heterocycles. The lowest BCUT2D eigenvalue weighted by Gasteiger charge is -2.38. The zero-order chi connectivity index (χ0) is 15.8. The van der Waals surface area contributed by atoms with Gasteiger partial charge in [0.15, 0.2) is 11.0 Å². The van der Waals surface area contributed by atoms with E-state index in [0.717, 1.165) is 38.4 Å². The summed E-state index contributed by atoms with van der Waals surface area (Å²) < 4.78 is 0. The SMILES string of the molecule is CC/C=C\CCCC(C)N1CCN(c2ccc(Cl)nn2)CC1. The first kappa shape index (κ1) is 17.2. The number of rotatable bonds is 7. The number of hydrogen-bond acceptors (Lipinski definition) is 4. The molecule has 1 atom stereocenters. The molecule has 122 valence electrons. The van der Waals surface area contributed by atoms with E-state index < -0.39 is 0 Å². The summed E-state index contributed by atoms with van der Waals surface area (Å²) in [6.45, 7) is 8.74. The van der Waals surface area contributed by atoms with E-state index in [-0.39, 0.29) is 0 Å². The van der Waals surface area contributed by atoms with Crippen LogP contribution in [-0.4, -0.2) is 47.3 Å². The Hall–Kier alpha value is -1.13. The zero-order valence-corrected chi connectivity index (χ0v) is 14.5. The number of hydrogen-bond donors (Lipinski definition) is 0. The largest absolute Gasteiger partial charge is 0.353 e. The van der Waals surface area contributed by atoms with E-state index in [1.165, 1.54) is 19.3 Å². The molecule has 2 rings (SSSR count). The average Bonchev–Trinajstić information content (AvgIpc) is 2.55. The van der Waals surface area contributed by atoms with Crippen LogP contribution in [0.2, 0.25) is 5.15 Å². The van der Waals surface area contributed by atoms with E-state index >= 15 is 0 Å². The number of halogens is 1. The highest BCUT2D eigenvalue weighted by atomic mass is 35.5. The molecule has 22 heavy (non-hydrogen) atoms. The fourth-order valence-corrected chi connectivity index (χ4v) is 2.97. The first-order chi connectivity index (χ1) is 10.7. The van der Waals surface area contributed by atoms with Gasteiger partial charge in [-0.3, -0.25) is 4.90 Å². The maximum absolute atomic E-state index is 5.79. The minimum atomic E-state index is 0.452. The van der Waals surface area contributed by atoms with Gasteiger partial charge in [0, 0.05) is 32.2 Å². The molecule has 1 unspecified atom stereocenters. The van der Waals surface area contributed by atoms with Crippen LogP contribution in [0, 0.1) is 0 Å². The predicted molar refractivity (Wildman–Crippen MR) is 93.6 cm³/mol. The van der Waals surface area contributed by atoms with E-state index in [4.69, 9.17) is 11.6 Å². The third-order valence-corrected chi connectivity index (χ3v) is 4.48. The minimum absolute atomic E-state index is 0.452. The van der Waals surface area contributed by atoms with Gasteiger partial charge in [0.05, 0.1) is 0 Å². The standard InChI is InChI=1S/C17H27ClN4/c1-3-4-5-6-7-8-15(2)21-11-13-22(14-12-21)17-10-9-16(18)19-20-17/h4-5,9-10,15H,3,6-8,11-14H2,1-2H3/b5-4-. The Bertz CT molecular complexity index is 452. The van der Waals surface area contributed by atoms with Crippen molar-refractivity contribution in [1.82, 2.24) is 15.1 Å². The molecule has 1 aromatic heterocycles. The second-order valence-electron chi connectivity index (χ2n) is 5.90. The highest BCUT2D eigenvalue weighted by Crippen LogP contribution is 2.17. The molecule has 1 aliphatic rings. The quantitative estimate of drug-likeness (QED) is 0.565. The summed E-state index contributed by atoms with van der Waals surface area (Å²) in [4.78, 5) is 4.87. The van der Waals surface area contributed by atoms with Crippen LogP contribution in [0.5, 0.6) is 0 Å². The minimum Gasteiger partial charge on any atom is -0.353 e. The highest BCUT2D eigenvalue weighted by Gasteiger charge is 2.21. The molecule has 1 aliphatic heterocycles. The maximum Gasteiger partial charge on any atom is 0.151 e. The normalized spacial score (nSPS) is 18.0. The van der Waals surface area contributed by atoms with Gasteiger partial charge in [0.1, 0.15) is 0 Å². The summed E-state index contributed by atoms with van der Waals surface area (Å²) >= 11 is 5.79. The first-order valence-corrected chi connectivity index (χ1v) is 8.71. The molecule has 5 heteroatoms. The van der Waals surface area contributed by atoms with Crippen LogP contribution in [0.4, 0.5) is 5.82 Å². The topological polar surface area (TPSA) is 32.3 Å². The van der Waals surface area contributed by atoms with Crippen LogP contribution in [0.25, 0.3) is 0 Å². The molecule has 0 aromatic carbocycles. The van der Waals surface area contributed by atoms with Crippen LogP contribution in [0.15, 0.2) is 24.3 Å². The van der Waals surface area contributed by atoms with Crippen molar-refractivity contribution in [3.63, 3.8) is 0 Å². The van der Waals surface area contributed by atoms with E-state index in [2.05, 4.69) is 46.0 Å². The Labute approximate surface area is 139 Å². The Morgan fingerprint density at radius 2 is 1.95 bits per heavy atom. The van der Waals surface area contributed by atoms with Crippen LogP contribution in [0.1, 0.15) is 39.5 Å². The van der Waals surface area contributed by atoms with Crippen LogP contribution >= 0.6 is 11.6 Å². The molecule has 1 fully saturated rings. The number of anilines is 1. The van der Waals surface area contributed by atoms with E-state index in [9.17, 15) is 0 Å². The summed E-state index contributed by atoms with van der Waals surface area (Å²) in [5, 5.41) is 8.55. The monoisotopic (exact) mass is 322 g/mol. The summed E-state index contributed by atoms with van der Waals surface area (Å²) in [6.07, 6.45) is 9.47. The van der Waals surface area contributed by atoms with Gasteiger partial charge in [-0.15, -0.1) is 10.2 Å². The first-order valence-electron chi connectivity index (χ1n) is 8.34. The van der Waals surface area contributed by atoms with Gasteiger partial charge in [-0.05, 0) is 44.7 Å². The van der Waals surface area contributed by atoms with E-state index in [0.29, 0.717) is 11.2 Å². The van der Waals surface area contributed by atoms with Crippen LogP contribution in [-0.2, 0) is 0 Å². The molecule has 0 aliphatic carbocycles. The second-order valence-corrected chi connectivity index (χ2v) is 6.28. The smallest absolute Gasteiger partial charge is 0.151 e. The molecular weight excluding hydrogens is 296 g/mol. The maximum atomic E-state index is 5.79. The van der Waals surface area contributed by atoms with Crippen molar-refractivity contribution in [1.29, 1.82) is 0 Å². The molecule has 0 spiro atoms. The van der Waals surface area contributed by atoms with Gasteiger partial charge in [-0.25, -0.2) is 0 Å². The number of piperazine rings is 1. The van der Waals surface area contributed by atoms with Crippen LogP contribution in [0.3, 0.4) is 0 Å². The lowest BCUT2D eigenvalue weighted by molar-refractivity contribution is 0.186. The molecule has 1 saturated heterocycles. The highest BCUT2D eigenvalue weighted by molar-refractivity contribution is 6.29. The van der Waals surface area contributed by atoms with Gasteiger partial charge in [-0.1, -0.05) is 30.7 Å². The fourth-order valence-electron chi connectivity index (χ4n) is 2.87. The van der Waals surface area contributed by atoms with Crippen molar-refractivity contribution in [3.8, 4) is 0 Å². The van der Waals surface area contributed by atoms with Crippen LogP contribution < -0.4 is 4.90 Å². The van der Waals surface area contributed by atoms with Gasteiger partial charge in [0.2, 0.25) is 0 Å². The lowest BCUT2D eigenvalue weighted by Crippen LogP contribution is -2.49. The molecule has 4 nitrogen and oxygen atoms in total. The van der Waals surface area contributed by atoms with Gasteiger partial charge in [0.25, 0.3) is 0 Å². The number of aromatic nitrogens is 2. The molecule has 0 radical (unpaired) electrons.